The van der Waals surface area contributed by atoms with Gasteiger partial charge in [0.1, 0.15) is 6.17 Å². The summed E-state index contributed by atoms with van der Waals surface area (Å²) in [5, 5.41) is 5.14. The van der Waals surface area contributed by atoms with Gasteiger partial charge in [0.2, 0.25) is 0 Å². The van der Waals surface area contributed by atoms with Gasteiger partial charge in [-0.2, -0.15) is 0 Å². The SMILES string of the molecule is CC(C)(C)NCC(F)Cc1sccc1Br. The van der Waals surface area contributed by atoms with Gasteiger partial charge in [-0.15, -0.1) is 11.3 Å². The van der Waals surface area contributed by atoms with Gasteiger partial charge in [-0.1, -0.05) is 0 Å². The fraction of sp³-hybridized carbons (Fsp3) is 0.636. The quantitative estimate of drug-likeness (QED) is 0.891. The highest BCUT2D eigenvalue weighted by atomic mass is 79.9. The summed E-state index contributed by atoms with van der Waals surface area (Å²) in [7, 11) is 0. The summed E-state index contributed by atoms with van der Waals surface area (Å²) in [5.41, 5.74) is -0.0168. The maximum Gasteiger partial charge on any atom is 0.117 e. The van der Waals surface area contributed by atoms with E-state index in [0.29, 0.717) is 13.0 Å². The Morgan fingerprint density at radius 3 is 2.67 bits per heavy atom. The average molecular weight is 294 g/mol. The van der Waals surface area contributed by atoms with Crippen molar-refractivity contribution in [2.45, 2.75) is 38.9 Å². The van der Waals surface area contributed by atoms with Crippen LogP contribution in [0.1, 0.15) is 25.6 Å². The molecule has 15 heavy (non-hydrogen) atoms. The van der Waals surface area contributed by atoms with Crippen LogP contribution in [0.4, 0.5) is 4.39 Å². The molecule has 0 aliphatic carbocycles. The van der Waals surface area contributed by atoms with Crippen molar-refractivity contribution in [3.8, 4) is 0 Å². The fourth-order valence-corrected chi connectivity index (χ4v) is 2.74. The molecule has 1 heterocycles. The van der Waals surface area contributed by atoms with Gasteiger partial charge in [-0.05, 0) is 48.1 Å². The Bertz CT molecular complexity index is 306. The van der Waals surface area contributed by atoms with E-state index in [2.05, 4.69) is 21.2 Å². The van der Waals surface area contributed by atoms with E-state index in [4.69, 9.17) is 0 Å². The largest absolute Gasteiger partial charge is 0.309 e. The van der Waals surface area contributed by atoms with E-state index in [0.717, 1.165) is 9.35 Å². The van der Waals surface area contributed by atoms with Gasteiger partial charge in [0.05, 0.1) is 0 Å². The summed E-state index contributed by atoms with van der Waals surface area (Å²) in [5.74, 6) is 0. The maximum atomic E-state index is 13.6. The van der Waals surface area contributed by atoms with Gasteiger partial charge in [0, 0.05) is 27.9 Å². The normalized spacial score (nSPS) is 14.2. The van der Waals surface area contributed by atoms with Gasteiger partial charge >= 0.3 is 0 Å². The van der Waals surface area contributed by atoms with Crippen molar-refractivity contribution in [1.82, 2.24) is 5.32 Å². The van der Waals surface area contributed by atoms with E-state index in [9.17, 15) is 4.39 Å². The van der Waals surface area contributed by atoms with Crippen molar-refractivity contribution in [3.05, 3.63) is 20.8 Å². The first-order chi connectivity index (χ1) is 6.88. The highest BCUT2D eigenvalue weighted by Crippen LogP contribution is 2.24. The van der Waals surface area contributed by atoms with Crippen molar-refractivity contribution in [3.63, 3.8) is 0 Å². The van der Waals surface area contributed by atoms with Crippen LogP contribution < -0.4 is 5.32 Å². The Kier molecular flexibility index (Phi) is 4.74. The zero-order valence-electron chi connectivity index (χ0n) is 9.31. The molecule has 0 aromatic carbocycles. The van der Waals surface area contributed by atoms with Gasteiger partial charge in [0.25, 0.3) is 0 Å². The van der Waals surface area contributed by atoms with Crippen LogP contribution in [0.2, 0.25) is 0 Å². The molecule has 1 aromatic rings. The second-order valence-electron chi connectivity index (χ2n) is 4.62. The van der Waals surface area contributed by atoms with Crippen LogP contribution in [0.15, 0.2) is 15.9 Å². The zero-order valence-corrected chi connectivity index (χ0v) is 11.7. The first-order valence-corrected chi connectivity index (χ1v) is 6.67. The Hall–Kier alpha value is 0.0700. The molecule has 1 nitrogen and oxygen atoms in total. The standard InChI is InChI=1S/C11H17BrFNS/c1-11(2,3)14-7-8(13)6-10-9(12)4-5-15-10/h4-5,8,14H,6-7H2,1-3H3. The van der Waals surface area contributed by atoms with Crippen LogP contribution in [-0.2, 0) is 6.42 Å². The van der Waals surface area contributed by atoms with Gasteiger partial charge < -0.3 is 5.32 Å². The van der Waals surface area contributed by atoms with E-state index in [1.165, 1.54) is 0 Å². The fourth-order valence-electron chi connectivity index (χ4n) is 1.16. The molecule has 1 unspecified atom stereocenters. The minimum atomic E-state index is -0.820. The minimum absolute atomic E-state index is 0.0168. The first-order valence-electron chi connectivity index (χ1n) is 4.99. The van der Waals surface area contributed by atoms with Crippen LogP contribution in [0.25, 0.3) is 0 Å². The molecule has 0 radical (unpaired) electrons. The highest BCUT2D eigenvalue weighted by molar-refractivity contribution is 9.10. The molecule has 0 amide bonds. The third-order valence-electron chi connectivity index (χ3n) is 1.95. The number of alkyl halides is 1. The Balaban J connectivity index is 2.37. The summed E-state index contributed by atoms with van der Waals surface area (Å²) in [6.07, 6.45) is -0.333. The zero-order chi connectivity index (χ0) is 11.5. The molecule has 1 rings (SSSR count). The van der Waals surface area contributed by atoms with Crippen LogP contribution in [-0.4, -0.2) is 18.3 Å². The molecule has 0 bridgehead atoms. The molecule has 0 saturated heterocycles. The predicted octanol–water partition coefficient (Wildman–Crippen LogP) is 3.78. The maximum absolute atomic E-state index is 13.6. The Morgan fingerprint density at radius 2 is 2.20 bits per heavy atom. The molecule has 0 fully saturated rings. The summed E-state index contributed by atoms with van der Waals surface area (Å²) >= 11 is 5.01. The number of rotatable bonds is 4. The number of halogens is 2. The average Bonchev–Trinajstić information content (AvgIpc) is 2.47. The van der Waals surface area contributed by atoms with Gasteiger partial charge in [-0.3, -0.25) is 0 Å². The molecule has 86 valence electrons. The van der Waals surface area contributed by atoms with Crippen LogP contribution >= 0.6 is 27.3 Å². The van der Waals surface area contributed by atoms with Crippen LogP contribution in [0, 0.1) is 0 Å². The summed E-state index contributed by atoms with van der Waals surface area (Å²) in [6.45, 7) is 6.54. The summed E-state index contributed by atoms with van der Waals surface area (Å²) < 4.78 is 14.6. The van der Waals surface area contributed by atoms with E-state index >= 15 is 0 Å². The molecule has 0 spiro atoms. The lowest BCUT2D eigenvalue weighted by atomic mass is 10.1. The predicted molar refractivity (Wildman–Crippen MR) is 68.4 cm³/mol. The number of nitrogens with one attached hydrogen (secondary N) is 1. The molecule has 1 N–H and O–H groups in total. The topological polar surface area (TPSA) is 12.0 Å². The number of hydrogen-bond donors (Lipinski definition) is 1. The molecular weight excluding hydrogens is 277 g/mol. The third kappa shape index (κ3) is 5.09. The summed E-state index contributed by atoms with van der Waals surface area (Å²) in [6, 6.07) is 1.96. The minimum Gasteiger partial charge on any atom is -0.309 e. The van der Waals surface area contributed by atoms with Crippen molar-refractivity contribution in [2.75, 3.05) is 6.54 Å². The Labute approximate surface area is 103 Å². The van der Waals surface area contributed by atoms with E-state index in [-0.39, 0.29) is 5.54 Å². The highest BCUT2D eigenvalue weighted by Gasteiger charge is 2.15. The monoisotopic (exact) mass is 293 g/mol. The molecule has 1 atom stereocenters. The number of thiophene rings is 1. The smallest absolute Gasteiger partial charge is 0.117 e. The molecule has 0 aliphatic rings. The molecule has 1 aromatic heterocycles. The van der Waals surface area contributed by atoms with Crippen molar-refractivity contribution in [1.29, 1.82) is 0 Å². The second kappa shape index (κ2) is 5.41. The van der Waals surface area contributed by atoms with Crippen molar-refractivity contribution < 1.29 is 4.39 Å². The Morgan fingerprint density at radius 1 is 1.53 bits per heavy atom. The van der Waals surface area contributed by atoms with Crippen LogP contribution in [0.5, 0.6) is 0 Å². The van der Waals surface area contributed by atoms with Crippen LogP contribution in [0.3, 0.4) is 0 Å². The van der Waals surface area contributed by atoms with Gasteiger partial charge in [0.15, 0.2) is 0 Å². The lowest BCUT2D eigenvalue weighted by Gasteiger charge is -2.21. The van der Waals surface area contributed by atoms with Crippen molar-refractivity contribution in [2.24, 2.45) is 0 Å². The number of hydrogen-bond acceptors (Lipinski definition) is 2. The second-order valence-corrected chi connectivity index (χ2v) is 6.48. The molecule has 4 heteroatoms. The van der Waals surface area contributed by atoms with E-state index in [1.807, 2.05) is 32.2 Å². The lowest BCUT2D eigenvalue weighted by molar-refractivity contribution is 0.285. The van der Waals surface area contributed by atoms with Gasteiger partial charge in [-0.25, -0.2) is 4.39 Å². The molecule has 0 aliphatic heterocycles. The third-order valence-corrected chi connectivity index (χ3v) is 3.90. The first kappa shape index (κ1) is 13.1. The van der Waals surface area contributed by atoms with Crippen molar-refractivity contribution >= 4 is 27.3 Å². The lowest BCUT2D eigenvalue weighted by Crippen LogP contribution is -2.40. The summed E-state index contributed by atoms with van der Waals surface area (Å²) in [4.78, 5) is 1.08. The van der Waals surface area contributed by atoms with E-state index < -0.39 is 6.17 Å². The van der Waals surface area contributed by atoms with E-state index in [1.54, 1.807) is 11.3 Å². The molecule has 0 saturated carbocycles. The molecular formula is C11H17BrFNS.